The number of rotatable bonds is 6. The molecule has 0 aliphatic carbocycles. The van der Waals surface area contributed by atoms with E-state index in [0.29, 0.717) is 29.4 Å². The van der Waals surface area contributed by atoms with E-state index in [2.05, 4.69) is 5.43 Å². The molecule has 0 radical (unpaired) electrons. The van der Waals surface area contributed by atoms with Crippen molar-refractivity contribution in [2.24, 2.45) is 0 Å². The topological polar surface area (TPSA) is 67.9 Å². The van der Waals surface area contributed by atoms with E-state index in [9.17, 15) is 9.59 Å². The van der Waals surface area contributed by atoms with Crippen LogP contribution in [0.2, 0.25) is 0 Å². The lowest BCUT2D eigenvalue weighted by Crippen LogP contribution is -2.35. The van der Waals surface area contributed by atoms with Crippen LogP contribution in [0, 0.1) is 0 Å². The van der Waals surface area contributed by atoms with E-state index in [1.165, 1.54) is 5.01 Å². The highest BCUT2D eigenvalue weighted by Gasteiger charge is 2.34. The standard InChI is InChI=1S/C20H20N2O4/c1-3-11-26-17-10-9-14(13-18(17)25-2)12-16-19(23)21-22(20(16)24)15-7-5-4-6-8-15/h4-10,12-13H,3,11H2,1-2H3,(H,21,23). The van der Waals surface area contributed by atoms with Gasteiger partial charge < -0.3 is 9.47 Å². The summed E-state index contributed by atoms with van der Waals surface area (Å²) in [6, 6.07) is 14.3. The second-order valence-corrected chi connectivity index (χ2v) is 5.73. The summed E-state index contributed by atoms with van der Waals surface area (Å²) in [4.78, 5) is 24.8. The van der Waals surface area contributed by atoms with E-state index in [-0.39, 0.29) is 5.57 Å². The Labute approximate surface area is 152 Å². The maximum Gasteiger partial charge on any atom is 0.282 e. The number of anilines is 1. The maximum absolute atomic E-state index is 12.6. The molecule has 1 saturated heterocycles. The van der Waals surface area contributed by atoms with Crippen LogP contribution in [-0.4, -0.2) is 25.5 Å². The van der Waals surface area contributed by atoms with Gasteiger partial charge in [-0.05, 0) is 42.3 Å². The van der Waals surface area contributed by atoms with Gasteiger partial charge in [-0.25, -0.2) is 5.01 Å². The molecule has 134 valence electrons. The van der Waals surface area contributed by atoms with Crippen LogP contribution >= 0.6 is 0 Å². The first kappa shape index (κ1) is 17.5. The van der Waals surface area contributed by atoms with E-state index in [1.54, 1.807) is 55.7 Å². The van der Waals surface area contributed by atoms with Crippen molar-refractivity contribution >= 4 is 23.6 Å². The number of amides is 2. The van der Waals surface area contributed by atoms with Crippen LogP contribution in [0.25, 0.3) is 6.08 Å². The zero-order valence-electron chi connectivity index (χ0n) is 14.7. The second kappa shape index (κ2) is 7.74. The Balaban J connectivity index is 1.87. The highest BCUT2D eigenvalue weighted by molar-refractivity contribution is 6.31. The molecule has 2 aromatic rings. The summed E-state index contributed by atoms with van der Waals surface area (Å²) >= 11 is 0. The first-order chi connectivity index (χ1) is 12.6. The summed E-state index contributed by atoms with van der Waals surface area (Å²) in [7, 11) is 1.55. The van der Waals surface area contributed by atoms with Crippen molar-refractivity contribution in [1.82, 2.24) is 5.43 Å². The van der Waals surface area contributed by atoms with Crippen LogP contribution < -0.4 is 19.9 Å². The van der Waals surface area contributed by atoms with Crippen molar-refractivity contribution in [2.75, 3.05) is 18.7 Å². The Hall–Kier alpha value is -3.28. The largest absolute Gasteiger partial charge is 0.493 e. The molecule has 2 aromatic carbocycles. The highest BCUT2D eigenvalue weighted by Crippen LogP contribution is 2.30. The van der Waals surface area contributed by atoms with E-state index in [4.69, 9.17) is 9.47 Å². The number of hydrogen-bond acceptors (Lipinski definition) is 4. The lowest BCUT2D eigenvalue weighted by atomic mass is 10.1. The van der Waals surface area contributed by atoms with Gasteiger partial charge in [-0.15, -0.1) is 0 Å². The number of methoxy groups -OCH3 is 1. The number of nitrogens with one attached hydrogen (secondary N) is 1. The molecule has 6 nitrogen and oxygen atoms in total. The molecule has 2 amide bonds. The molecule has 0 bridgehead atoms. The van der Waals surface area contributed by atoms with Crippen molar-refractivity contribution in [3.8, 4) is 11.5 Å². The smallest absolute Gasteiger partial charge is 0.282 e. The molecular formula is C20H20N2O4. The Bertz CT molecular complexity index is 846. The molecule has 1 aliphatic rings. The fourth-order valence-electron chi connectivity index (χ4n) is 2.59. The molecule has 0 atom stereocenters. The third-order valence-corrected chi connectivity index (χ3v) is 3.87. The molecule has 6 heteroatoms. The minimum absolute atomic E-state index is 0.0677. The number of nitrogens with zero attached hydrogens (tertiary/aromatic N) is 1. The zero-order valence-corrected chi connectivity index (χ0v) is 14.7. The third-order valence-electron chi connectivity index (χ3n) is 3.87. The quantitative estimate of drug-likeness (QED) is 0.641. The fraction of sp³-hybridized carbons (Fsp3) is 0.200. The summed E-state index contributed by atoms with van der Waals surface area (Å²) < 4.78 is 11.0. The molecule has 3 rings (SSSR count). The van der Waals surface area contributed by atoms with Crippen molar-refractivity contribution in [2.45, 2.75) is 13.3 Å². The Morgan fingerprint density at radius 2 is 1.85 bits per heavy atom. The van der Waals surface area contributed by atoms with Gasteiger partial charge in [0, 0.05) is 0 Å². The van der Waals surface area contributed by atoms with Gasteiger partial charge in [0.2, 0.25) is 0 Å². The van der Waals surface area contributed by atoms with Gasteiger partial charge in [0.1, 0.15) is 5.57 Å². The van der Waals surface area contributed by atoms with Gasteiger partial charge in [0.05, 0.1) is 19.4 Å². The van der Waals surface area contributed by atoms with Gasteiger partial charge in [-0.2, -0.15) is 0 Å². The van der Waals surface area contributed by atoms with Crippen molar-refractivity contribution in [3.63, 3.8) is 0 Å². The molecule has 0 aromatic heterocycles. The number of benzene rings is 2. The lowest BCUT2D eigenvalue weighted by Gasteiger charge is -2.13. The predicted molar refractivity (Wildman–Crippen MR) is 98.8 cm³/mol. The average molecular weight is 352 g/mol. The highest BCUT2D eigenvalue weighted by atomic mass is 16.5. The number of ether oxygens (including phenoxy) is 2. The van der Waals surface area contributed by atoms with Crippen LogP contribution in [0.5, 0.6) is 11.5 Å². The third kappa shape index (κ3) is 3.54. The number of hydrogen-bond donors (Lipinski definition) is 1. The monoisotopic (exact) mass is 352 g/mol. The molecule has 1 N–H and O–H groups in total. The van der Waals surface area contributed by atoms with Gasteiger partial charge >= 0.3 is 0 Å². The molecule has 0 spiro atoms. The normalized spacial score (nSPS) is 15.3. The SMILES string of the molecule is CCCOc1ccc(C=C2C(=O)NN(c3ccccc3)C2=O)cc1OC. The minimum Gasteiger partial charge on any atom is -0.493 e. The van der Waals surface area contributed by atoms with Crippen molar-refractivity contribution in [3.05, 3.63) is 59.7 Å². The van der Waals surface area contributed by atoms with Crippen LogP contribution in [0.1, 0.15) is 18.9 Å². The molecule has 1 heterocycles. The Morgan fingerprint density at radius 1 is 1.08 bits per heavy atom. The number of carbonyl (C=O) groups excluding carboxylic acids is 2. The van der Waals surface area contributed by atoms with Gasteiger partial charge in [-0.1, -0.05) is 31.2 Å². The fourth-order valence-corrected chi connectivity index (χ4v) is 2.59. The van der Waals surface area contributed by atoms with E-state index in [1.807, 2.05) is 13.0 Å². The summed E-state index contributed by atoms with van der Waals surface area (Å²) in [5, 5.41) is 1.24. The number of para-hydroxylation sites is 1. The van der Waals surface area contributed by atoms with E-state index < -0.39 is 11.8 Å². The van der Waals surface area contributed by atoms with Crippen LogP contribution in [0.15, 0.2) is 54.1 Å². The Kier molecular flexibility index (Phi) is 5.22. The average Bonchev–Trinajstić information content (AvgIpc) is 2.95. The van der Waals surface area contributed by atoms with Crippen LogP contribution in [0.4, 0.5) is 5.69 Å². The predicted octanol–water partition coefficient (Wildman–Crippen LogP) is 2.95. The first-order valence-electron chi connectivity index (χ1n) is 8.37. The molecule has 0 unspecified atom stereocenters. The molecule has 1 aliphatic heterocycles. The number of hydrazine groups is 1. The summed E-state index contributed by atoms with van der Waals surface area (Å²) in [6.45, 7) is 2.61. The summed E-state index contributed by atoms with van der Waals surface area (Å²) in [5.41, 5.74) is 3.93. The molecule has 1 fully saturated rings. The van der Waals surface area contributed by atoms with Gasteiger partial charge in [-0.3, -0.25) is 15.0 Å². The summed E-state index contributed by atoms with van der Waals surface area (Å²) in [6.07, 6.45) is 2.44. The first-order valence-corrected chi connectivity index (χ1v) is 8.37. The zero-order chi connectivity index (χ0) is 18.5. The lowest BCUT2D eigenvalue weighted by molar-refractivity contribution is -0.117. The maximum atomic E-state index is 12.6. The van der Waals surface area contributed by atoms with Crippen molar-refractivity contribution in [1.29, 1.82) is 0 Å². The molecule has 0 saturated carbocycles. The van der Waals surface area contributed by atoms with Crippen LogP contribution in [-0.2, 0) is 9.59 Å². The van der Waals surface area contributed by atoms with E-state index in [0.717, 1.165) is 6.42 Å². The minimum atomic E-state index is -0.441. The van der Waals surface area contributed by atoms with E-state index >= 15 is 0 Å². The molecular weight excluding hydrogens is 332 g/mol. The second-order valence-electron chi connectivity index (χ2n) is 5.73. The van der Waals surface area contributed by atoms with Gasteiger partial charge in [0.15, 0.2) is 11.5 Å². The van der Waals surface area contributed by atoms with Gasteiger partial charge in [0.25, 0.3) is 11.8 Å². The van der Waals surface area contributed by atoms with Crippen molar-refractivity contribution < 1.29 is 19.1 Å². The van der Waals surface area contributed by atoms with Crippen LogP contribution in [0.3, 0.4) is 0 Å². The Morgan fingerprint density at radius 3 is 2.54 bits per heavy atom. The summed E-state index contributed by atoms with van der Waals surface area (Å²) in [5.74, 6) is 0.346. The number of carbonyl (C=O) groups is 2. The molecule has 26 heavy (non-hydrogen) atoms.